The zero-order valence-electron chi connectivity index (χ0n) is 11.8. The summed E-state index contributed by atoms with van der Waals surface area (Å²) < 4.78 is 1.25. The predicted octanol–water partition coefficient (Wildman–Crippen LogP) is 2.43. The van der Waals surface area contributed by atoms with Crippen molar-refractivity contribution in [2.24, 2.45) is 5.41 Å². The van der Waals surface area contributed by atoms with Gasteiger partial charge in [0.05, 0.1) is 5.69 Å². The number of allylic oxidation sites excluding steroid dienone is 2. The zero-order chi connectivity index (χ0) is 14.0. The summed E-state index contributed by atoms with van der Waals surface area (Å²) in [6.07, 6.45) is 5.31. The fraction of sp³-hybridized carbons (Fsp3) is 0.533. The Morgan fingerprint density at radius 1 is 1.42 bits per heavy atom. The van der Waals surface area contributed by atoms with Gasteiger partial charge in [-0.1, -0.05) is 19.9 Å². The second-order valence-corrected chi connectivity index (χ2v) is 6.01. The largest absolute Gasteiger partial charge is 0.298 e. The lowest BCUT2D eigenvalue weighted by Crippen LogP contribution is -2.26. The third kappa shape index (κ3) is 3.40. The summed E-state index contributed by atoms with van der Waals surface area (Å²) in [5, 5.41) is 4.30. The number of carbonyl (C=O) groups is 1. The number of hydrogen-bond acceptors (Lipinski definition) is 3. The molecule has 0 saturated heterocycles. The van der Waals surface area contributed by atoms with Gasteiger partial charge in [0.15, 0.2) is 5.78 Å². The van der Waals surface area contributed by atoms with E-state index in [0.29, 0.717) is 5.41 Å². The summed E-state index contributed by atoms with van der Waals surface area (Å²) in [7, 11) is 0. The molecular formula is C15H20N2O2. The molecule has 1 aliphatic carbocycles. The number of hydrogen-bond donors (Lipinski definition) is 0. The van der Waals surface area contributed by atoms with Crippen molar-refractivity contribution in [1.29, 1.82) is 0 Å². The van der Waals surface area contributed by atoms with Crippen LogP contribution in [-0.2, 0) is 11.3 Å². The first-order chi connectivity index (χ1) is 8.87. The van der Waals surface area contributed by atoms with Crippen LogP contribution in [-0.4, -0.2) is 15.6 Å². The average molecular weight is 260 g/mol. The summed E-state index contributed by atoms with van der Waals surface area (Å²) >= 11 is 0. The van der Waals surface area contributed by atoms with E-state index in [1.54, 1.807) is 6.07 Å². The average Bonchev–Trinajstić information content (AvgIpc) is 2.32. The fourth-order valence-corrected chi connectivity index (χ4v) is 2.25. The van der Waals surface area contributed by atoms with E-state index in [9.17, 15) is 9.59 Å². The Kier molecular flexibility index (Phi) is 3.69. The van der Waals surface area contributed by atoms with Crippen molar-refractivity contribution < 1.29 is 4.79 Å². The highest BCUT2D eigenvalue weighted by atomic mass is 16.1. The Labute approximate surface area is 113 Å². The zero-order valence-corrected chi connectivity index (χ0v) is 11.8. The molecule has 4 nitrogen and oxygen atoms in total. The molecule has 0 aliphatic heterocycles. The van der Waals surface area contributed by atoms with Gasteiger partial charge in [-0.2, -0.15) is 5.10 Å². The van der Waals surface area contributed by atoms with Crippen molar-refractivity contribution >= 4 is 11.4 Å². The van der Waals surface area contributed by atoms with E-state index >= 15 is 0 Å². The molecule has 1 aromatic rings. The van der Waals surface area contributed by atoms with E-state index in [2.05, 4.69) is 25.0 Å². The summed E-state index contributed by atoms with van der Waals surface area (Å²) in [5.74, 6) is -0.0643. The van der Waals surface area contributed by atoms with E-state index in [-0.39, 0.29) is 17.9 Å². The lowest BCUT2D eigenvalue weighted by molar-refractivity contribution is -0.117. The summed E-state index contributed by atoms with van der Waals surface area (Å²) in [4.78, 5) is 22.7. The topological polar surface area (TPSA) is 52.0 Å². The normalized spacial score (nSPS) is 17.9. The van der Waals surface area contributed by atoms with Crippen LogP contribution in [0, 0.1) is 5.41 Å². The minimum Gasteiger partial charge on any atom is -0.298 e. The van der Waals surface area contributed by atoms with Gasteiger partial charge in [0, 0.05) is 6.07 Å². The lowest BCUT2D eigenvalue weighted by Gasteiger charge is -2.28. The van der Waals surface area contributed by atoms with Gasteiger partial charge < -0.3 is 0 Å². The van der Waals surface area contributed by atoms with Crippen molar-refractivity contribution in [1.82, 2.24) is 9.78 Å². The molecular weight excluding hydrogens is 240 g/mol. The van der Waals surface area contributed by atoms with Crippen LogP contribution < -0.4 is 5.56 Å². The molecule has 0 aromatic carbocycles. The molecule has 0 fully saturated rings. The van der Waals surface area contributed by atoms with Gasteiger partial charge in [0.25, 0.3) is 5.56 Å². The van der Waals surface area contributed by atoms with Crippen LogP contribution in [0.2, 0.25) is 0 Å². The molecule has 0 amide bonds. The van der Waals surface area contributed by atoms with Crippen LogP contribution in [0.5, 0.6) is 0 Å². The first-order valence-electron chi connectivity index (χ1n) is 6.64. The van der Waals surface area contributed by atoms with E-state index < -0.39 is 0 Å². The van der Waals surface area contributed by atoms with Crippen molar-refractivity contribution in [2.75, 3.05) is 0 Å². The maximum atomic E-state index is 11.6. The molecule has 0 radical (unpaired) electrons. The molecule has 102 valence electrons. The number of carbonyl (C=O) groups excluding carboxylic acids is 1. The van der Waals surface area contributed by atoms with Gasteiger partial charge >= 0.3 is 0 Å². The van der Waals surface area contributed by atoms with Crippen LogP contribution in [0.15, 0.2) is 23.0 Å². The standard InChI is InChI=1S/C15H20N2O2/c1-11(18)10-17-14(19)5-4-13(16-17)12-6-8-15(2,3)9-7-12/h4-6H,7-10H2,1-3H3. The Balaban J connectivity index is 2.29. The number of nitrogens with zero attached hydrogens (tertiary/aromatic N) is 2. The maximum Gasteiger partial charge on any atom is 0.267 e. The Morgan fingerprint density at radius 2 is 2.16 bits per heavy atom. The molecule has 2 rings (SSSR count). The van der Waals surface area contributed by atoms with Crippen molar-refractivity contribution in [3.05, 3.63) is 34.3 Å². The minimum absolute atomic E-state index is 0.0471. The lowest BCUT2D eigenvalue weighted by atomic mass is 9.78. The maximum absolute atomic E-state index is 11.6. The molecule has 4 heteroatoms. The third-order valence-electron chi connectivity index (χ3n) is 3.54. The van der Waals surface area contributed by atoms with Crippen molar-refractivity contribution in [3.63, 3.8) is 0 Å². The van der Waals surface area contributed by atoms with Crippen molar-refractivity contribution in [3.8, 4) is 0 Å². The smallest absolute Gasteiger partial charge is 0.267 e. The fourth-order valence-electron chi connectivity index (χ4n) is 2.25. The molecule has 1 heterocycles. The summed E-state index contributed by atoms with van der Waals surface area (Å²) in [6.45, 7) is 6.02. The molecule has 1 aliphatic rings. The molecule has 0 saturated carbocycles. The molecule has 0 bridgehead atoms. The first-order valence-corrected chi connectivity index (χ1v) is 6.64. The highest BCUT2D eigenvalue weighted by Crippen LogP contribution is 2.37. The SMILES string of the molecule is CC(=O)Cn1nc(C2=CCC(C)(C)CC2)ccc1=O. The van der Waals surface area contributed by atoms with Crippen LogP contribution in [0.1, 0.15) is 45.7 Å². The molecule has 0 spiro atoms. The van der Waals surface area contributed by atoms with Crippen LogP contribution >= 0.6 is 0 Å². The van der Waals surface area contributed by atoms with Gasteiger partial charge in [-0.25, -0.2) is 4.68 Å². The van der Waals surface area contributed by atoms with E-state index in [4.69, 9.17) is 0 Å². The summed E-state index contributed by atoms with van der Waals surface area (Å²) in [5.41, 5.74) is 2.11. The number of rotatable bonds is 3. The quantitative estimate of drug-likeness (QED) is 0.838. The van der Waals surface area contributed by atoms with Gasteiger partial charge in [0.1, 0.15) is 6.54 Å². The predicted molar refractivity (Wildman–Crippen MR) is 74.8 cm³/mol. The summed E-state index contributed by atoms with van der Waals surface area (Å²) in [6, 6.07) is 3.25. The molecule has 1 aromatic heterocycles. The van der Waals surface area contributed by atoms with Gasteiger partial charge in [-0.05, 0) is 43.2 Å². The Morgan fingerprint density at radius 3 is 2.74 bits per heavy atom. The third-order valence-corrected chi connectivity index (χ3v) is 3.54. The number of aromatic nitrogens is 2. The molecule has 0 N–H and O–H groups in total. The van der Waals surface area contributed by atoms with Crippen LogP contribution in [0.4, 0.5) is 0 Å². The highest BCUT2D eigenvalue weighted by molar-refractivity contribution is 5.75. The monoisotopic (exact) mass is 260 g/mol. The highest BCUT2D eigenvalue weighted by Gasteiger charge is 2.22. The van der Waals surface area contributed by atoms with Crippen molar-refractivity contribution in [2.45, 2.75) is 46.6 Å². The molecule has 0 atom stereocenters. The minimum atomic E-state index is -0.226. The Bertz CT molecular complexity index is 582. The second kappa shape index (κ2) is 5.11. The van der Waals surface area contributed by atoms with E-state index in [1.807, 2.05) is 0 Å². The molecule has 0 unspecified atom stereocenters. The van der Waals surface area contributed by atoms with E-state index in [0.717, 1.165) is 25.0 Å². The first kappa shape index (κ1) is 13.7. The second-order valence-electron chi connectivity index (χ2n) is 6.01. The number of Topliss-reactive ketones (excluding diaryl/α,β-unsaturated/α-hetero) is 1. The van der Waals surface area contributed by atoms with Gasteiger partial charge in [0.2, 0.25) is 0 Å². The molecule has 19 heavy (non-hydrogen) atoms. The van der Waals surface area contributed by atoms with Crippen LogP contribution in [0.25, 0.3) is 5.57 Å². The van der Waals surface area contributed by atoms with Crippen LogP contribution in [0.3, 0.4) is 0 Å². The van der Waals surface area contributed by atoms with E-state index in [1.165, 1.54) is 23.2 Å². The van der Waals surface area contributed by atoms with Gasteiger partial charge in [-0.3, -0.25) is 9.59 Å². The Hall–Kier alpha value is -1.71. The van der Waals surface area contributed by atoms with Gasteiger partial charge in [-0.15, -0.1) is 0 Å². The number of ketones is 1.